The van der Waals surface area contributed by atoms with Crippen molar-refractivity contribution in [2.45, 2.75) is 71.8 Å². The van der Waals surface area contributed by atoms with Crippen LogP contribution in [0.15, 0.2) is 0 Å². The molecular weight excluding hydrogens is 244 g/mol. The fraction of sp³-hybridized carbons (Fsp3) is 0.867. The zero-order valence-electron chi connectivity index (χ0n) is 12.4. The van der Waals surface area contributed by atoms with Gasteiger partial charge in [0.1, 0.15) is 6.10 Å². The lowest BCUT2D eigenvalue weighted by Gasteiger charge is -2.21. The maximum atomic E-state index is 11.6. The van der Waals surface area contributed by atoms with E-state index in [0.717, 1.165) is 25.7 Å². The Kier molecular flexibility index (Phi) is 6.32. The Balaban J connectivity index is 2.13. The highest BCUT2D eigenvalue weighted by atomic mass is 16.5. The van der Waals surface area contributed by atoms with Gasteiger partial charge in [-0.05, 0) is 31.1 Å². The van der Waals surface area contributed by atoms with Crippen LogP contribution in [0.4, 0.5) is 0 Å². The summed E-state index contributed by atoms with van der Waals surface area (Å²) in [6.07, 6.45) is 5.71. The number of carbonyl (C=O) groups is 2. The van der Waals surface area contributed by atoms with E-state index in [1.165, 1.54) is 6.42 Å². The van der Waals surface area contributed by atoms with Crippen molar-refractivity contribution in [1.82, 2.24) is 0 Å². The molecule has 1 aliphatic carbocycles. The molecular formula is C15H26O4. The predicted molar refractivity (Wildman–Crippen MR) is 72.6 cm³/mol. The van der Waals surface area contributed by atoms with Crippen LogP contribution in [-0.2, 0) is 19.1 Å². The number of rotatable bonds is 5. The third-order valence-electron chi connectivity index (χ3n) is 3.05. The smallest absolute Gasteiger partial charge is 0.306 e. The summed E-state index contributed by atoms with van der Waals surface area (Å²) in [5.74, 6) is -0.602. The van der Waals surface area contributed by atoms with Crippen LogP contribution < -0.4 is 0 Å². The molecule has 0 amide bonds. The summed E-state index contributed by atoms with van der Waals surface area (Å²) in [5, 5.41) is 0. The third-order valence-corrected chi connectivity index (χ3v) is 3.05. The number of carbonyl (C=O) groups excluding carboxylic acids is 2. The van der Waals surface area contributed by atoms with Gasteiger partial charge in [0.05, 0.1) is 19.4 Å². The monoisotopic (exact) mass is 270 g/mol. The molecule has 1 fully saturated rings. The molecule has 19 heavy (non-hydrogen) atoms. The lowest BCUT2D eigenvalue weighted by Crippen LogP contribution is -2.22. The first kappa shape index (κ1) is 16.0. The summed E-state index contributed by atoms with van der Waals surface area (Å²) in [6, 6.07) is 0. The van der Waals surface area contributed by atoms with E-state index in [-0.39, 0.29) is 36.3 Å². The second-order valence-electron chi connectivity index (χ2n) is 6.47. The van der Waals surface area contributed by atoms with Crippen molar-refractivity contribution in [3.05, 3.63) is 0 Å². The fourth-order valence-electron chi connectivity index (χ4n) is 2.00. The van der Waals surface area contributed by atoms with Gasteiger partial charge in [-0.3, -0.25) is 9.59 Å². The average Bonchev–Trinajstić information content (AvgIpc) is 2.34. The van der Waals surface area contributed by atoms with Crippen molar-refractivity contribution >= 4 is 11.9 Å². The Hall–Kier alpha value is -1.06. The van der Waals surface area contributed by atoms with Crippen molar-refractivity contribution < 1.29 is 19.1 Å². The second kappa shape index (κ2) is 7.51. The summed E-state index contributed by atoms with van der Waals surface area (Å²) in [4.78, 5) is 23.0. The quantitative estimate of drug-likeness (QED) is 0.720. The van der Waals surface area contributed by atoms with Gasteiger partial charge in [0.15, 0.2) is 0 Å². The number of hydrogen-bond donors (Lipinski definition) is 0. The van der Waals surface area contributed by atoms with Gasteiger partial charge in [-0.1, -0.05) is 27.2 Å². The van der Waals surface area contributed by atoms with Gasteiger partial charge in [0.25, 0.3) is 0 Å². The van der Waals surface area contributed by atoms with Crippen LogP contribution in [0.3, 0.4) is 0 Å². The van der Waals surface area contributed by atoms with E-state index in [1.807, 2.05) is 20.8 Å². The number of hydrogen-bond acceptors (Lipinski definition) is 4. The van der Waals surface area contributed by atoms with Gasteiger partial charge in [0.2, 0.25) is 0 Å². The van der Waals surface area contributed by atoms with Gasteiger partial charge in [0, 0.05) is 0 Å². The van der Waals surface area contributed by atoms with Crippen LogP contribution in [0.1, 0.15) is 65.7 Å². The van der Waals surface area contributed by atoms with Crippen molar-refractivity contribution in [3.8, 4) is 0 Å². The largest absolute Gasteiger partial charge is 0.465 e. The van der Waals surface area contributed by atoms with E-state index in [0.29, 0.717) is 6.61 Å². The van der Waals surface area contributed by atoms with Crippen LogP contribution >= 0.6 is 0 Å². The minimum Gasteiger partial charge on any atom is -0.465 e. The van der Waals surface area contributed by atoms with E-state index in [9.17, 15) is 9.59 Å². The minimum atomic E-state index is -0.324. The third kappa shape index (κ3) is 7.85. The molecule has 0 radical (unpaired) electrons. The topological polar surface area (TPSA) is 52.6 Å². The van der Waals surface area contributed by atoms with Gasteiger partial charge in [-0.15, -0.1) is 0 Å². The highest BCUT2D eigenvalue weighted by Gasteiger charge is 2.19. The summed E-state index contributed by atoms with van der Waals surface area (Å²) in [5.41, 5.74) is -0.0434. The maximum absolute atomic E-state index is 11.6. The summed E-state index contributed by atoms with van der Waals surface area (Å²) in [6.45, 7) is 6.37. The zero-order valence-corrected chi connectivity index (χ0v) is 12.4. The lowest BCUT2D eigenvalue weighted by atomic mass is 9.98. The first-order chi connectivity index (χ1) is 8.87. The van der Waals surface area contributed by atoms with Crippen LogP contribution in [-0.4, -0.2) is 24.6 Å². The SMILES string of the molecule is CC(C)(C)COC(=O)CCC(=O)OC1CCCCC1. The molecule has 1 rings (SSSR count). The number of esters is 2. The first-order valence-electron chi connectivity index (χ1n) is 7.22. The molecule has 0 aromatic carbocycles. The van der Waals surface area contributed by atoms with Crippen LogP contribution in [0.2, 0.25) is 0 Å². The normalized spacial score (nSPS) is 17.0. The molecule has 0 N–H and O–H groups in total. The number of ether oxygens (including phenoxy) is 2. The fourth-order valence-corrected chi connectivity index (χ4v) is 2.00. The maximum Gasteiger partial charge on any atom is 0.306 e. The highest BCUT2D eigenvalue weighted by Crippen LogP contribution is 2.21. The molecule has 0 aliphatic heterocycles. The van der Waals surface area contributed by atoms with E-state index in [1.54, 1.807) is 0 Å². The molecule has 110 valence electrons. The molecule has 0 aromatic heterocycles. The second-order valence-corrected chi connectivity index (χ2v) is 6.47. The standard InChI is InChI=1S/C15H26O4/c1-15(2,3)11-18-13(16)9-10-14(17)19-12-7-5-4-6-8-12/h12H,4-11H2,1-3H3. The van der Waals surface area contributed by atoms with E-state index in [2.05, 4.69) is 0 Å². The average molecular weight is 270 g/mol. The van der Waals surface area contributed by atoms with Crippen LogP contribution in [0, 0.1) is 5.41 Å². The molecule has 4 heteroatoms. The van der Waals surface area contributed by atoms with Crippen molar-refractivity contribution in [1.29, 1.82) is 0 Å². The van der Waals surface area contributed by atoms with Crippen molar-refractivity contribution in [2.75, 3.05) is 6.61 Å². The van der Waals surface area contributed by atoms with Gasteiger partial charge >= 0.3 is 11.9 Å². The summed E-state index contributed by atoms with van der Waals surface area (Å²) >= 11 is 0. The molecule has 0 bridgehead atoms. The summed E-state index contributed by atoms with van der Waals surface area (Å²) < 4.78 is 10.4. The minimum absolute atomic E-state index is 0.0434. The Morgan fingerprint density at radius 2 is 1.58 bits per heavy atom. The Morgan fingerprint density at radius 3 is 2.16 bits per heavy atom. The molecule has 0 atom stereocenters. The molecule has 0 heterocycles. The summed E-state index contributed by atoms with van der Waals surface area (Å²) in [7, 11) is 0. The van der Waals surface area contributed by atoms with E-state index < -0.39 is 0 Å². The van der Waals surface area contributed by atoms with E-state index >= 15 is 0 Å². The first-order valence-corrected chi connectivity index (χ1v) is 7.22. The Morgan fingerprint density at radius 1 is 1.00 bits per heavy atom. The molecule has 1 saturated carbocycles. The molecule has 0 unspecified atom stereocenters. The van der Waals surface area contributed by atoms with Crippen LogP contribution in [0.25, 0.3) is 0 Å². The molecule has 1 aliphatic rings. The van der Waals surface area contributed by atoms with Crippen LogP contribution in [0.5, 0.6) is 0 Å². The Bertz CT molecular complexity index is 298. The van der Waals surface area contributed by atoms with Crippen molar-refractivity contribution in [3.63, 3.8) is 0 Å². The van der Waals surface area contributed by atoms with Gasteiger partial charge in [-0.2, -0.15) is 0 Å². The highest BCUT2D eigenvalue weighted by molar-refractivity contribution is 5.77. The van der Waals surface area contributed by atoms with Crippen molar-refractivity contribution in [2.24, 2.45) is 5.41 Å². The zero-order chi connectivity index (χ0) is 14.3. The van der Waals surface area contributed by atoms with E-state index in [4.69, 9.17) is 9.47 Å². The predicted octanol–water partition coefficient (Wildman–Crippen LogP) is 3.23. The molecule has 0 aromatic rings. The molecule has 4 nitrogen and oxygen atoms in total. The van der Waals surface area contributed by atoms with Gasteiger partial charge in [-0.25, -0.2) is 0 Å². The molecule has 0 saturated heterocycles. The van der Waals surface area contributed by atoms with Gasteiger partial charge < -0.3 is 9.47 Å². The Labute approximate surface area is 115 Å². The molecule has 0 spiro atoms. The lowest BCUT2D eigenvalue weighted by molar-refractivity contribution is -0.155.